The largest absolute Gasteiger partial charge is 0.263 e. The number of nitriles is 2. The molecule has 8 nitrogen and oxygen atoms in total. The molecule has 0 saturated heterocycles. The van der Waals surface area contributed by atoms with Crippen LogP contribution in [0, 0.1) is 22.7 Å². The Kier molecular flexibility index (Phi) is 5.36. The Bertz CT molecular complexity index is 1550. The third kappa shape index (κ3) is 4.27. The number of hydrogen-bond acceptors (Lipinski definition) is 6. The molecule has 0 aliphatic carbocycles. The Balaban J connectivity index is 1.77. The van der Waals surface area contributed by atoms with Gasteiger partial charge in [-0.2, -0.15) is 15.6 Å². The molecule has 33 heavy (non-hydrogen) atoms. The van der Waals surface area contributed by atoms with E-state index in [0.717, 1.165) is 5.56 Å². The van der Waals surface area contributed by atoms with Crippen molar-refractivity contribution in [3.05, 3.63) is 77.6 Å². The highest BCUT2D eigenvalue weighted by Crippen LogP contribution is 2.27. The van der Waals surface area contributed by atoms with Crippen molar-refractivity contribution in [2.45, 2.75) is 31.1 Å². The van der Waals surface area contributed by atoms with Crippen LogP contribution in [-0.4, -0.2) is 23.0 Å². The first-order valence-electron chi connectivity index (χ1n) is 10.0. The van der Waals surface area contributed by atoms with Gasteiger partial charge >= 0.3 is 0 Å². The lowest BCUT2D eigenvalue weighted by Gasteiger charge is -2.19. The number of nitrogens with one attached hydrogen (secondary N) is 1. The van der Waals surface area contributed by atoms with Crippen LogP contribution in [0.3, 0.4) is 0 Å². The summed E-state index contributed by atoms with van der Waals surface area (Å²) in [5.41, 5.74) is 3.08. The van der Waals surface area contributed by atoms with Crippen LogP contribution in [0.15, 0.2) is 65.8 Å². The zero-order chi connectivity index (χ0) is 23.8. The monoisotopic (exact) mass is 456 g/mol. The van der Waals surface area contributed by atoms with Gasteiger partial charge in [0.15, 0.2) is 0 Å². The van der Waals surface area contributed by atoms with Gasteiger partial charge in [-0.15, -0.1) is 0 Å². The number of fused-ring (bicyclic) bond motifs is 1. The van der Waals surface area contributed by atoms with Crippen LogP contribution in [0.1, 0.15) is 37.5 Å². The summed E-state index contributed by atoms with van der Waals surface area (Å²) in [4.78, 5) is 4.16. The van der Waals surface area contributed by atoms with Crippen LogP contribution in [0.5, 0.6) is 0 Å². The van der Waals surface area contributed by atoms with E-state index in [-0.39, 0.29) is 16.1 Å². The van der Waals surface area contributed by atoms with Gasteiger partial charge in [0.05, 0.1) is 27.2 Å². The lowest BCUT2D eigenvalue weighted by atomic mass is 9.87. The van der Waals surface area contributed by atoms with Gasteiger partial charge in [0.1, 0.15) is 18.0 Å². The molecule has 0 amide bonds. The summed E-state index contributed by atoms with van der Waals surface area (Å²) >= 11 is 0. The van der Waals surface area contributed by atoms with Crippen molar-refractivity contribution in [2.24, 2.45) is 0 Å². The molecule has 1 aromatic carbocycles. The molecule has 0 unspecified atom stereocenters. The smallest absolute Gasteiger partial charge is 0.263 e. The Labute approximate surface area is 191 Å². The minimum Gasteiger partial charge on any atom is -0.263 e. The standard InChI is InChI=1S/C24H20N6O2S/c1-24(2,3)19-5-7-20(8-6-19)33(31,32)29-23-9-4-17(13-26)22-11-21(28-30(22)23)18-10-16(12-25)14-27-15-18/h4-11,14-15,29H,1-3H3. The molecule has 0 aliphatic rings. The van der Waals surface area contributed by atoms with Crippen LogP contribution in [0.2, 0.25) is 0 Å². The second-order valence-electron chi connectivity index (χ2n) is 8.52. The van der Waals surface area contributed by atoms with E-state index in [1.807, 2.05) is 6.07 Å². The highest BCUT2D eigenvalue weighted by atomic mass is 32.2. The van der Waals surface area contributed by atoms with Crippen molar-refractivity contribution in [3.8, 4) is 23.4 Å². The van der Waals surface area contributed by atoms with Gasteiger partial charge in [-0.1, -0.05) is 32.9 Å². The lowest BCUT2D eigenvalue weighted by Crippen LogP contribution is -2.17. The van der Waals surface area contributed by atoms with E-state index < -0.39 is 10.0 Å². The maximum atomic E-state index is 13.1. The maximum absolute atomic E-state index is 13.1. The summed E-state index contributed by atoms with van der Waals surface area (Å²) in [7, 11) is -3.90. The Morgan fingerprint density at radius 2 is 1.70 bits per heavy atom. The molecule has 0 saturated carbocycles. The average Bonchev–Trinajstić information content (AvgIpc) is 3.25. The van der Waals surface area contributed by atoms with E-state index in [1.165, 1.54) is 22.8 Å². The van der Waals surface area contributed by atoms with Gasteiger partial charge in [0.2, 0.25) is 0 Å². The molecule has 0 aliphatic heterocycles. The Hall–Kier alpha value is -4.21. The normalized spacial score (nSPS) is 11.7. The number of sulfonamides is 1. The zero-order valence-electron chi connectivity index (χ0n) is 18.2. The van der Waals surface area contributed by atoms with E-state index in [1.54, 1.807) is 42.6 Å². The minimum atomic E-state index is -3.90. The number of nitrogens with zero attached hydrogens (tertiary/aromatic N) is 5. The molecule has 0 radical (unpaired) electrons. The first-order valence-corrected chi connectivity index (χ1v) is 11.5. The van der Waals surface area contributed by atoms with Crippen molar-refractivity contribution in [3.63, 3.8) is 0 Å². The fourth-order valence-corrected chi connectivity index (χ4v) is 4.40. The molecule has 3 heterocycles. The topological polar surface area (TPSA) is 124 Å². The Morgan fingerprint density at radius 3 is 2.33 bits per heavy atom. The van der Waals surface area contributed by atoms with Crippen LogP contribution < -0.4 is 4.72 Å². The molecule has 164 valence electrons. The zero-order valence-corrected chi connectivity index (χ0v) is 19.1. The predicted octanol–water partition coefficient (Wildman–Crippen LogP) is 4.24. The van der Waals surface area contributed by atoms with Gasteiger partial charge in [-0.25, -0.2) is 12.9 Å². The van der Waals surface area contributed by atoms with Crippen molar-refractivity contribution in [1.29, 1.82) is 10.5 Å². The highest BCUT2D eigenvalue weighted by Gasteiger charge is 2.20. The first-order chi connectivity index (χ1) is 15.6. The second-order valence-corrected chi connectivity index (χ2v) is 10.2. The lowest BCUT2D eigenvalue weighted by molar-refractivity contribution is 0.587. The Morgan fingerprint density at radius 1 is 0.970 bits per heavy atom. The number of pyridine rings is 2. The molecule has 4 rings (SSSR count). The summed E-state index contributed by atoms with van der Waals surface area (Å²) in [5, 5.41) is 23.1. The number of aromatic nitrogens is 3. The first kappa shape index (κ1) is 22.0. The molecule has 4 aromatic rings. The van der Waals surface area contributed by atoms with Gasteiger partial charge in [0.25, 0.3) is 10.0 Å². The molecule has 0 atom stereocenters. The van der Waals surface area contributed by atoms with E-state index >= 15 is 0 Å². The van der Waals surface area contributed by atoms with Crippen molar-refractivity contribution in [1.82, 2.24) is 14.6 Å². The van der Waals surface area contributed by atoms with Gasteiger partial charge in [0, 0.05) is 18.0 Å². The van der Waals surface area contributed by atoms with Crippen molar-refractivity contribution >= 4 is 21.4 Å². The van der Waals surface area contributed by atoms with E-state index in [9.17, 15) is 13.7 Å². The average molecular weight is 457 g/mol. The number of anilines is 1. The summed E-state index contributed by atoms with van der Waals surface area (Å²) in [5.74, 6) is 0.180. The van der Waals surface area contributed by atoms with Crippen LogP contribution in [0.25, 0.3) is 16.8 Å². The third-order valence-corrected chi connectivity index (χ3v) is 6.55. The van der Waals surface area contributed by atoms with Crippen molar-refractivity contribution < 1.29 is 8.42 Å². The van der Waals surface area contributed by atoms with Gasteiger partial charge in [-0.05, 0) is 47.4 Å². The maximum Gasteiger partial charge on any atom is 0.263 e. The summed E-state index contributed by atoms with van der Waals surface area (Å²) in [6.07, 6.45) is 2.99. The molecule has 9 heteroatoms. The fraction of sp³-hybridized carbons (Fsp3) is 0.167. The van der Waals surface area contributed by atoms with E-state index in [0.29, 0.717) is 27.9 Å². The third-order valence-electron chi connectivity index (χ3n) is 5.17. The molecule has 0 fully saturated rings. The van der Waals surface area contributed by atoms with Gasteiger partial charge in [-0.3, -0.25) is 9.71 Å². The van der Waals surface area contributed by atoms with E-state index in [4.69, 9.17) is 5.26 Å². The highest BCUT2D eigenvalue weighted by molar-refractivity contribution is 7.92. The molecule has 3 aromatic heterocycles. The SMILES string of the molecule is CC(C)(C)c1ccc(S(=O)(=O)Nc2ccc(C#N)c3cc(-c4cncc(C#N)c4)nn23)cc1. The molecule has 0 bridgehead atoms. The quantitative estimate of drug-likeness (QED) is 0.490. The predicted molar refractivity (Wildman–Crippen MR) is 124 cm³/mol. The second kappa shape index (κ2) is 8.05. The summed E-state index contributed by atoms with van der Waals surface area (Å²) in [6, 6.07) is 17.2. The molecular formula is C24H20N6O2S. The van der Waals surface area contributed by atoms with Crippen LogP contribution >= 0.6 is 0 Å². The summed E-state index contributed by atoms with van der Waals surface area (Å²) < 4.78 is 30.1. The molecule has 0 spiro atoms. The number of rotatable bonds is 4. The number of hydrogen-bond donors (Lipinski definition) is 1. The summed E-state index contributed by atoms with van der Waals surface area (Å²) in [6.45, 7) is 6.16. The van der Waals surface area contributed by atoms with Gasteiger partial charge < -0.3 is 0 Å². The number of benzene rings is 1. The van der Waals surface area contributed by atoms with E-state index in [2.05, 4.69) is 41.6 Å². The van der Waals surface area contributed by atoms with Crippen LogP contribution in [0.4, 0.5) is 5.82 Å². The minimum absolute atomic E-state index is 0.0990. The van der Waals surface area contributed by atoms with Crippen LogP contribution in [-0.2, 0) is 15.4 Å². The fourth-order valence-electron chi connectivity index (χ4n) is 3.36. The van der Waals surface area contributed by atoms with Crippen molar-refractivity contribution in [2.75, 3.05) is 4.72 Å². The molecule has 1 N–H and O–H groups in total. The molecular weight excluding hydrogens is 436 g/mol.